The number of fused-ring (bicyclic) bond motifs is 1. The summed E-state index contributed by atoms with van der Waals surface area (Å²) in [4.78, 5) is 24.3. The van der Waals surface area contributed by atoms with Crippen LogP contribution in [0.25, 0.3) is 44.7 Å². The van der Waals surface area contributed by atoms with E-state index in [4.69, 9.17) is 5.10 Å². The lowest BCUT2D eigenvalue weighted by Gasteiger charge is -2.14. The van der Waals surface area contributed by atoms with Crippen molar-refractivity contribution in [2.45, 2.75) is 32.9 Å². The van der Waals surface area contributed by atoms with Crippen LogP contribution in [0.4, 0.5) is 10.5 Å². The molecule has 3 aromatic heterocycles. The molecule has 1 saturated heterocycles. The lowest BCUT2D eigenvalue weighted by Crippen LogP contribution is -2.27. The van der Waals surface area contributed by atoms with Gasteiger partial charge in [-0.25, -0.2) is 9.78 Å². The van der Waals surface area contributed by atoms with Crippen molar-refractivity contribution in [3.05, 3.63) is 78.6 Å². The molecule has 40 heavy (non-hydrogen) atoms. The summed E-state index contributed by atoms with van der Waals surface area (Å²) in [5, 5.41) is 8.86. The van der Waals surface area contributed by atoms with E-state index in [-0.39, 0.29) is 6.03 Å². The van der Waals surface area contributed by atoms with Crippen molar-refractivity contribution in [1.82, 2.24) is 29.5 Å². The molecule has 0 atom stereocenters. The van der Waals surface area contributed by atoms with Gasteiger partial charge in [0.25, 0.3) is 0 Å². The number of hydrogen-bond acceptors (Lipinski definition) is 4. The van der Waals surface area contributed by atoms with Gasteiger partial charge in [0, 0.05) is 67.5 Å². The van der Waals surface area contributed by atoms with Crippen molar-refractivity contribution in [2.75, 3.05) is 32.5 Å². The summed E-state index contributed by atoms with van der Waals surface area (Å²) >= 11 is 0. The summed E-state index contributed by atoms with van der Waals surface area (Å²) in [5.41, 5.74) is 9.15. The van der Waals surface area contributed by atoms with Gasteiger partial charge in [-0.15, -0.1) is 0 Å². The van der Waals surface area contributed by atoms with Crippen molar-refractivity contribution in [3.63, 3.8) is 0 Å². The number of nitrogens with zero attached hydrogens (tertiary/aromatic N) is 5. The van der Waals surface area contributed by atoms with E-state index in [0.717, 1.165) is 63.5 Å². The van der Waals surface area contributed by atoms with Crippen LogP contribution in [0, 0.1) is 0 Å². The number of carbonyl (C=O) groups excluding carboxylic acids is 1. The van der Waals surface area contributed by atoms with E-state index in [1.165, 1.54) is 36.4 Å². The molecule has 2 N–H and O–H groups in total. The zero-order valence-electron chi connectivity index (χ0n) is 23.3. The number of aromatic nitrogens is 4. The predicted molar refractivity (Wildman–Crippen MR) is 161 cm³/mol. The van der Waals surface area contributed by atoms with Crippen molar-refractivity contribution in [2.24, 2.45) is 0 Å². The van der Waals surface area contributed by atoms with Crippen molar-refractivity contribution >= 4 is 22.8 Å². The fourth-order valence-electron chi connectivity index (χ4n) is 5.35. The average molecular weight is 534 g/mol. The Bertz CT molecular complexity index is 1620. The maximum Gasteiger partial charge on any atom is 0.321 e. The SMILES string of the molecule is CCn1cc(-c2ccnc3[nH]c(-c4ccc(CN5CCCC5)cc4)cc23)c(-c2ccc(NC(=O)N(C)C)cc2)n1. The number of aromatic amines is 1. The number of urea groups is 1. The van der Waals surface area contributed by atoms with Gasteiger partial charge in [-0.2, -0.15) is 5.10 Å². The first kappa shape index (κ1) is 25.8. The molecule has 0 saturated carbocycles. The van der Waals surface area contributed by atoms with Crippen LogP contribution in [0.3, 0.4) is 0 Å². The van der Waals surface area contributed by atoms with Crippen molar-refractivity contribution in [1.29, 1.82) is 0 Å². The van der Waals surface area contributed by atoms with Crippen LogP contribution >= 0.6 is 0 Å². The summed E-state index contributed by atoms with van der Waals surface area (Å²) in [6.45, 7) is 6.27. The van der Waals surface area contributed by atoms with E-state index in [1.54, 1.807) is 14.1 Å². The molecular weight excluding hydrogens is 498 g/mol. The lowest BCUT2D eigenvalue weighted by atomic mass is 10.00. The number of carbonyl (C=O) groups is 1. The Morgan fingerprint density at radius 1 is 0.975 bits per heavy atom. The highest BCUT2D eigenvalue weighted by Gasteiger charge is 2.18. The maximum absolute atomic E-state index is 12.1. The molecule has 0 spiro atoms. The van der Waals surface area contributed by atoms with Gasteiger partial charge in [0.1, 0.15) is 11.3 Å². The Kier molecular flexibility index (Phi) is 7.09. The van der Waals surface area contributed by atoms with Gasteiger partial charge in [-0.3, -0.25) is 9.58 Å². The summed E-state index contributed by atoms with van der Waals surface area (Å²) in [5.74, 6) is 0. The zero-order valence-corrected chi connectivity index (χ0v) is 23.3. The molecular formula is C32H35N7O. The number of pyridine rings is 1. The second-order valence-electron chi connectivity index (χ2n) is 10.6. The molecule has 1 aliphatic rings. The highest BCUT2D eigenvalue weighted by molar-refractivity contribution is 5.99. The van der Waals surface area contributed by atoms with E-state index in [2.05, 4.69) is 69.7 Å². The highest BCUT2D eigenvalue weighted by atomic mass is 16.2. The highest BCUT2D eigenvalue weighted by Crippen LogP contribution is 2.37. The van der Waals surface area contributed by atoms with E-state index in [9.17, 15) is 4.79 Å². The number of H-pyrrole nitrogens is 1. The number of rotatable bonds is 7. The van der Waals surface area contributed by atoms with Crippen molar-refractivity contribution < 1.29 is 4.79 Å². The lowest BCUT2D eigenvalue weighted by molar-refractivity contribution is 0.230. The van der Waals surface area contributed by atoms with Crippen LogP contribution in [0.2, 0.25) is 0 Å². The van der Waals surface area contributed by atoms with Crippen LogP contribution in [0.15, 0.2) is 73.1 Å². The summed E-state index contributed by atoms with van der Waals surface area (Å²) in [6.07, 6.45) is 6.57. The molecule has 1 fully saturated rings. The third-order valence-electron chi connectivity index (χ3n) is 7.59. The minimum atomic E-state index is -0.160. The summed E-state index contributed by atoms with van der Waals surface area (Å²) in [7, 11) is 3.44. The van der Waals surface area contributed by atoms with Gasteiger partial charge in [0.05, 0.1) is 0 Å². The monoisotopic (exact) mass is 533 g/mol. The quantitative estimate of drug-likeness (QED) is 0.251. The van der Waals surface area contributed by atoms with Crippen LogP contribution in [-0.2, 0) is 13.1 Å². The van der Waals surface area contributed by atoms with Gasteiger partial charge in [-0.1, -0.05) is 36.4 Å². The molecule has 1 aliphatic heterocycles. The van der Waals surface area contributed by atoms with Gasteiger partial charge >= 0.3 is 6.03 Å². The van der Waals surface area contributed by atoms with Crippen LogP contribution in [0.1, 0.15) is 25.3 Å². The van der Waals surface area contributed by atoms with E-state index in [1.807, 2.05) is 35.1 Å². The van der Waals surface area contributed by atoms with E-state index in [0.29, 0.717) is 0 Å². The third-order valence-corrected chi connectivity index (χ3v) is 7.59. The number of likely N-dealkylation sites (tertiary alicyclic amines) is 1. The van der Waals surface area contributed by atoms with Crippen LogP contribution in [0.5, 0.6) is 0 Å². The number of aryl methyl sites for hydroxylation is 1. The second-order valence-corrected chi connectivity index (χ2v) is 10.6. The minimum Gasteiger partial charge on any atom is -0.339 e. The molecule has 5 aromatic rings. The van der Waals surface area contributed by atoms with Crippen LogP contribution < -0.4 is 5.32 Å². The molecule has 0 bridgehead atoms. The van der Waals surface area contributed by atoms with Gasteiger partial charge < -0.3 is 15.2 Å². The molecule has 6 rings (SSSR count). The Morgan fingerprint density at radius 2 is 1.70 bits per heavy atom. The Hall–Kier alpha value is -4.43. The maximum atomic E-state index is 12.1. The number of amides is 2. The molecule has 0 unspecified atom stereocenters. The average Bonchev–Trinajstić information content (AvgIpc) is 3.73. The predicted octanol–water partition coefficient (Wildman–Crippen LogP) is 6.47. The molecule has 8 nitrogen and oxygen atoms in total. The Labute approximate surface area is 234 Å². The van der Waals surface area contributed by atoms with Gasteiger partial charge in [0.15, 0.2) is 0 Å². The molecule has 0 radical (unpaired) electrons. The summed E-state index contributed by atoms with van der Waals surface area (Å²) < 4.78 is 1.96. The number of hydrogen-bond donors (Lipinski definition) is 2. The van der Waals surface area contributed by atoms with Crippen LogP contribution in [-0.4, -0.2) is 62.8 Å². The topological polar surface area (TPSA) is 82.1 Å². The minimum absolute atomic E-state index is 0.160. The standard InChI is InChI=1S/C32H35N7O/c1-4-39-21-28(30(36-39)24-11-13-25(14-12-24)34-32(40)37(2)3)26-15-16-33-31-27(26)19-29(35-31)23-9-7-22(8-10-23)20-38-17-5-6-18-38/h7-16,19,21H,4-6,17-18,20H2,1-3H3,(H,33,35)(H,34,40). The molecule has 204 valence electrons. The fraction of sp³-hybridized carbons (Fsp3) is 0.281. The number of anilines is 1. The zero-order chi connectivity index (χ0) is 27.6. The number of benzene rings is 2. The Balaban J connectivity index is 1.32. The van der Waals surface area contributed by atoms with E-state index >= 15 is 0 Å². The normalized spacial score (nSPS) is 13.7. The molecule has 0 aliphatic carbocycles. The number of nitrogens with one attached hydrogen (secondary N) is 2. The van der Waals surface area contributed by atoms with Gasteiger partial charge in [0.2, 0.25) is 0 Å². The largest absolute Gasteiger partial charge is 0.339 e. The molecule has 2 aromatic carbocycles. The second kappa shape index (κ2) is 11.0. The third kappa shape index (κ3) is 5.22. The molecule has 2 amide bonds. The first-order valence-electron chi connectivity index (χ1n) is 13.9. The fourth-order valence-corrected chi connectivity index (χ4v) is 5.35. The molecule has 8 heteroatoms. The van der Waals surface area contributed by atoms with E-state index < -0.39 is 0 Å². The summed E-state index contributed by atoms with van der Waals surface area (Å²) in [6, 6.07) is 20.8. The van der Waals surface area contributed by atoms with Gasteiger partial charge in [-0.05, 0) is 73.8 Å². The smallest absolute Gasteiger partial charge is 0.321 e. The Morgan fingerprint density at radius 3 is 2.40 bits per heavy atom. The molecule has 4 heterocycles. The van der Waals surface area contributed by atoms with Crippen molar-refractivity contribution in [3.8, 4) is 33.6 Å². The first-order chi connectivity index (χ1) is 19.5. The first-order valence-corrected chi connectivity index (χ1v) is 13.9.